The fourth-order valence-electron chi connectivity index (χ4n) is 4.66. The topological polar surface area (TPSA) is 67.7 Å². The second-order valence-electron chi connectivity index (χ2n) is 9.33. The van der Waals surface area contributed by atoms with Gasteiger partial charge < -0.3 is 19.5 Å². The molecule has 2 fully saturated rings. The number of phenols is 1. The van der Waals surface area contributed by atoms with Gasteiger partial charge in [0.1, 0.15) is 6.10 Å². The molecule has 0 spiro atoms. The van der Waals surface area contributed by atoms with E-state index in [1.54, 1.807) is 6.07 Å². The fourth-order valence-corrected chi connectivity index (χ4v) is 4.66. The van der Waals surface area contributed by atoms with Crippen LogP contribution in [-0.2, 0) is 6.42 Å². The van der Waals surface area contributed by atoms with E-state index in [9.17, 15) is 5.11 Å². The molecule has 4 rings (SSSR count). The normalized spacial score (nSPS) is 17.5. The van der Waals surface area contributed by atoms with Crippen molar-refractivity contribution in [2.24, 2.45) is 0 Å². The number of rotatable bonds is 8. The van der Waals surface area contributed by atoms with Gasteiger partial charge in [0.15, 0.2) is 11.5 Å². The molecule has 8 heteroatoms. The van der Waals surface area contributed by atoms with Gasteiger partial charge in [0.2, 0.25) is 5.88 Å². The summed E-state index contributed by atoms with van der Waals surface area (Å²) in [5.41, 5.74) is 2.85. The molecule has 1 saturated carbocycles. The summed E-state index contributed by atoms with van der Waals surface area (Å²) in [7, 11) is 2.14. The van der Waals surface area contributed by atoms with E-state index >= 15 is 0 Å². The van der Waals surface area contributed by atoms with Gasteiger partial charge in [0.25, 0.3) is 0 Å². The molecule has 0 atom stereocenters. The van der Waals surface area contributed by atoms with Gasteiger partial charge in [-0.25, -0.2) is 0 Å². The molecule has 1 N–H and O–H groups in total. The van der Waals surface area contributed by atoms with Crippen LogP contribution in [0.2, 0.25) is 0 Å². The number of aromatic nitrogens is 2. The molecule has 0 amide bonds. The van der Waals surface area contributed by atoms with Crippen LogP contribution >= 0.6 is 24.8 Å². The van der Waals surface area contributed by atoms with E-state index < -0.39 is 0 Å². The predicted molar refractivity (Wildman–Crippen MR) is 141 cm³/mol. The molecule has 1 saturated heterocycles. The van der Waals surface area contributed by atoms with Crippen LogP contribution in [-0.4, -0.2) is 52.5 Å². The Kier molecular flexibility index (Phi) is 11.7. The number of benzene rings is 1. The van der Waals surface area contributed by atoms with Crippen molar-refractivity contribution in [1.29, 1.82) is 0 Å². The van der Waals surface area contributed by atoms with Gasteiger partial charge >= 0.3 is 0 Å². The van der Waals surface area contributed by atoms with Gasteiger partial charge in [-0.05, 0) is 76.1 Å². The number of aromatic hydroxyl groups is 1. The fraction of sp³-hybridized carbons (Fsp3) is 0.615. The number of hydrogen-bond acceptors (Lipinski definition) is 6. The Morgan fingerprint density at radius 1 is 0.941 bits per heavy atom. The van der Waals surface area contributed by atoms with Crippen molar-refractivity contribution in [2.75, 3.05) is 20.1 Å². The lowest BCUT2D eigenvalue weighted by atomic mass is 9.97. The first-order valence-corrected chi connectivity index (χ1v) is 12.3. The first kappa shape index (κ1) is 28.5. The lowest BCUT2D eigenvalue weighted by Crippen LogP contribution is -2.35. The van der Waals surface area contributed by atoms with E-state index in [-0.39, 0.29) is 42.8 Å². The first-order valence-electron chi connectivity index (χ1n) is 12.3. The van der Waals surface area contributed by atoms with E-state index in [4.69, 9.17) is 9.47 Å². The molecule has 34 heavy (non-hydrogen) atoms. The number of nitrogens with zero attached hydrogens (tertiary/aromatic N) is 3. The molecule has 0 radical (unpaired) electrons. The van der Waals surface area contributed by atoms with E-state index in [2.05, 4.69) is 29.1 Å². The van der Waals surface area contributed by atoms with Gasteiger partial charge in [-0.15, -0.1) is 29.9 Å². The molecular weight excluding hydrogens is 473 g/mol. The quantitative estimate of drug-likeness (QED) is 0.453. The van der Waals surface area contributed by atoms with Crippen molar-refractivity contribution in [3.63, 3.8) is 0 Å². The SMILES string of the molecule is CCCCc1nnc(OC2CCN(C)CC2)cc1-c1ccc(OC2CCCCC2)c(O)c1.Cl.Cl. The second kappa shape index (κ2) is 14.0. The number of ether oxygens (including phenoxy) is 2. The molecule has 2 aromatic rings. The minimum absolute atomic E-state index is 0. The maximum absolute atomic E-state index is 10.7. The average Bonchev–Trinajstić information content (AvgIpc) is 2.82. The lowest BCUT2D eigenvalue weighted by molar-refractivity contribution is 0.109. The summed E-state index contributed by atoms with van der Waals surface area (Å²) in [6.45, 7) is 4.25. The molecule has 1 aliphatic carbocycles. The predicted octanol–water partition coefficient (Wildman–Crippen LogP) is 6.22. The number of piperidine rings is 1. The molecule has 1 aromatic carbocycles. The van der Waals surface area contributed by atoms with Crippen LogP contribution in [0.1, 0.15) is 70.4 Å². The van der Waals surface area contributed by atoms with Crippen LogP contribution < -0.4 is 9.47 Å². The van der Waals surface area contributed by atoms with E-state index in [0.29, 0.717) is 11.6 Å². The Balaban J connectivity index is 0.00000204. The lowest BCUT2D eigenvalue weighted by Gasteiger charge is -2.29. The number of unbranched alkanes of at least 4 members (excludes halogenated alkanes) is 1. The maximum atomic E-state index is 10.7. The van der Waals surface area contributed by atoms with Crippen LogP contribution in [0.3, 0.4) is 0 Å². The molecule has 0 unspecified atom stereocenters. The van der Waals surface area contributed by atoms with Gasteiger partial charge in [-0.3, -0.25) is 0 Å². The Morgan fingerprint density at radius 2 is 1.65 bits per heavy atom. The highest BCUT2D eigenvalue weighted by Gasteiger charge is 2.21. The molecule has 2 heterocycles. The summed E-state index contributed by atoms with van der Waals surface area (Å²) in [5.74, 6) is 1.32. The summed E-state index contributed by atoms with van der Waals surface area (Å²) in [6.07, 6.45) is 11.2. The summed E-state index contributed by atoms with van der Waals surface area (Å²) in [4.78, 5) is 2.32. The highest BCUT2D eigenvalue weighted by atomic mass is 35.5. The van der Waals surface area contributed by atoms with E-state index in [0.717, 1.165) is 74.9 Å². The molecular formula is C26H39Cl2N3O3. The third-order valence-corrected chi connectivity index (χ3v) is 6.68. The smallest absolute Gasteiger partial charge is 0.234 e. The standard InChI is InChI=1S/C26H37N3O3.2ClH/c1-3-4-10-23-22(18-26(28-27-23)32-21-13-15-29(2)16-14-21)19-11-12-25(24(30)17-19)31-20-8-6-5-7-9-20;;/h11-12,17-18,20-21,30H,3-10,13-16H2,1-2H3;2*1H. The van der Waals surface area contributed by atoms with Gasteiger partial charge in [-0.2, -0.15) is 5.10 Å². The maximum Gasteiger partial charge on any atom is 0.234 e. The van der Waals surface area contributed by atoms with Crippen molar-refractivity contribution in [1.82, 2.24) is 15.1 Å². The monoisotopic (exact) mass is 511 g/mol. The minimum Gasteiger partial charge on any atom is -0.504 e. The third kappa shape index (κ3) is 7.62. The van der Waals surface area contributed by atoms with E-state index in [1.807, 2.05) is 18.2 Å². The largest absolute Gasteiger partial charge is 0.504 e. The number of hydrogen-bond donors (Lipinski definition) is 1. The highest BCUT2D eigenvalue weighted by Crippen LogP contribution is 2.36. The van der Waals surface area contributed by atoms with Gasteiger partial charge in [-0.1, -0.05) is 25.8 Å². The molecule has 1 aliphatic heterocycles. The van der Waals surface area contributed by atoms with Crippen molar-refractivity contribution < 1.29 is 14.6 Å². The number of halogens is 2. The summed E-state index contributed by atoms with van der Waals surface area (Å²) < 4.78 is 12.3. The number of likely N-dealkylation sites (tertiary alicyclic amines) is 1. The molecule has 190 valence electrons. The zero-order valence-corrected chi connectivity index (χ0v) is 22.0. The zero-order valence-electron chi connectivity index (χ0n) is 20.4. The summed E-state index contributed by atoms with van der Waals surface area (Å²) in [6, 6.07) is 7.70. The van der Waals surface area contributed by atoms with Crippen LogP contribution in [0.4, 0.5) is 0 Å². The van der Waals surface area contributed by atoms with Crippen LogP contribution in [0.15, 0.2) is 24.3 Å². The van der Waals surface area contributed by atoms with Crippen molar-refractivity contribution in [3.8, 4) is 28.5 Å². The van der Waals surface area contributed by atoms with Gasteiger partial charge in [0.05, 0.1) is 11.8 Å². The Labute approximate surface area is 216 Å². The molecule has 1 aromatic heterocycles. The van der Waals surface area contributed by atoms with Crippen molar-refractivity contribution in [2.45, 2.75) is 83.3 Å². The third-order valence-electron chi connectivity index (χ3n) is 6.68. The van der Waals surface area contributed by atoms with Crippen LogP contribution in [0, 0.1) is 0 Å². The van der Waals surface area contributed by atoms with Crippen LogP contribution in [0.25, 0.3) is 11.1 Å². The Bertz CT molecular complexity index is 886. The number of phenolic OH excluding ortho intramolecular Hbond substituents is 1. The van der Waals surface area contributed by atoms with Gasteiger partial charge in [0, 0.05) is 24.7 Å². The van der Waals surface area contributed by atoms with Crippen molar-refractivity contribution >= 4 is 24.8 Å². The zero-order chi connectivity index (χ0) is 22.3. The summed E-state index contributed by atoms with van der Waals surface area (Å²) in [5, 5.41) is 19.6. The molecule has 6 nitrogen and oxygen atoms in total. The molecule has 0 bridgehead atoms. The molecule has 2 aliphatic rings. The van der Waals surface area contributed by atoms with Crippen molar-refractivity contribution in [3.05, 3.63) is 30.0 Å². The highest BCUT2D eigenvalue weighted by molar-refractivity contribution is 5.85. The Morgan fingerprint density at radius 3 is 2.32 bits per heavy atom. The Hall–Kier alpha value is -1.76. The second-order valence-corrected chi connectivity index (χ2v) is 9.33. The van der Waals surface area contributed by atoms with Crippen LogP contribution in [0.5, 0.6) is 17.4 Å². The van der Waals surface area contributed by atoms with E-state index in [1.165, 1.54) is 19.3 Å². The average molecular weight is 513 g/mol. The minimum atomic E-state index is 0. The number of aryl methyl sites for hydroxylation is 1. The summed E-state index contributed by atoms with van der Waals surface area (Å²) >= 11 is 0. The first-order chi connectivity index (χ1) is 15.6.